The third kappa shape index (κ3) is 33.5. The van der Waals surface area contributed by atoms with Crippen LogP contribution in [0.2, 0.25) is 6.04 Å². The summed E-state index contributed by atoms with van der Waals surface area (Å²) in [6.07, 6.45) is 40.7. The molecule has 0 N–H and O–H groups in total. The molecule has 0 amide bonds. The van der Waals surface area contributed by atoms with Gasteiger partial charge in [0.05, 0.1) is 0 Å². The molecule has 0 atom stereocenters. The Balaban J connectivity index is 3.00. The Kier molecular flexibility index (Phi) is 34.0. The fraction of sp³-hybridized carbons (Fsp3) is 1.00. The number of alkyl halides is 1. The second kappa shape index (κ2) is 32.6. The first-order chi connectivity index (χ1) is 16.8. The van der Waals surface area contributed by atoms with Crippen molar-refractivity contribution in [1.82, 2.24) is 0 Å². The molecule has 4 heteroatoms. The highest BCUT2D eigenvalue weighted by Gasteiger charge is 2.00. The van der Waals surface area contributed by atoms with Gasteiger partial charge in [-0.05, 0) is 16.9 Å². The molecule has 206 valence electrons. The van der Waals surface area contributed by atoms with Crippen molar-refractivity contribution in [3.8, 4) is 0 Å². The number of rotatable bonds is 30. The van der Waals surface area contributed by atoms with Gasteiger partial charge in [0.25, 0.3) is 0 Å². The molecule has 0 aliphatic rings. The van der Waals surface area contributed by atoms with E-state index in [0.29, 0.717) is 0 Å². The Morgan fingerprint density at radius 3 is 0.647 bits per heavy atom. The minimum absolute atomic E-state index is 1.10. The highest BCUT2D eigenvalue weighted by Crippen LogP contribution is 2.17. The monoisotopic (exact) mass is 646 g/mol. The summed E-state index contributed by atoms with van der Waals surface area (Å²) in [6.45, 7) is 0. The largest absolute Gasteiger partial charge is 0.237 e. The van der Waals surface area contributed by atoms with Crippen LogP contribution in [0.5, 0.6) is 0 Å². The van der Waals surface area contributed by atoms with Crippen LogP contribution < -0.4 is 0 Å². The lowest BCUT2D eigenvalue weighted by molar-refractivity contribution is 0.514. The van der Waals surface area contributed by atoms with Crippen molar-refractivity contribution in [3.05, 3.63) is 0 Å². The summed E-state index contributed by atoms with van der Waals surface area (Å²) in [5.74, 6) is 0. The fourth-order valence-corrected chi connectivity index (χ4v) is 7.05. The lowest BCUT2D eigenvalue weighted by Crippen LogP contribution is -1.91. The SMILES string of the molecule is Cl[SiH](Cl)CCCCCCCCCCCCCCCCCCCCCCCCCCCCCCI. The maximum Gasteiger partial charge on any atom is 0.237 e. The molecule has 0 saturated carbocycles. The van der Waals surface area contributed by atoms with Crippen molar-refractivity contribution in [3.63, 3.8) is 0 Å². The standard InChI is InChI=1S/C30H61Cl2ISi/c31-34(32)30-28-26-24-22-20-18-16-14-12-10-8-6-4-2-1-3-5-7-9-11-13-15-17-19-21-23-25-27-29-33/h34H,1-30H2. The van der Waals surface area contributed by atoms with Gasteiger partial charge in [-0.2, -0.15) is 22.2 Å². The van der Waals surface area contributed by atoms with Gasteiger partial charge in [0.2, 0.25) is 7.42 Å². The van der Waals surface area contributed by atoms with E-state index < -0.39 is 7.42 Å². The van der Waals surface area contributed by atoms with Crippen LogP contribution in [-0.2, 0) is 0 Å². The van der Waals surface area contributed by atoms with Gasteiger partial charge in [0, 0.05) is 0 Å². The molecule has 0 saturated heterocycles. The van der Waals surface area contributed by atoms with Crippen LogP contribution in [0, 0.1) is 0 Å². The zero-order chi connectivity index (χ0) is 24.8. The van der Waals surface area contributed by atoms with Gasteiger partial charge in [0.1, 0.15) is 0 Å². The first-order valence-corrected chi connectivity index (χ1v) is 21.4. The van der Waals surface area contributed by atoms with Gasteiger partial charge in [0.15, 0.2) is 0 Å². The summed E-state index contributed by atoms with van der Waals surface area (Å²) in [5, 5.41) is 0. The number of halogens is 3. The van der Waals surface area contributed by atoms with Crippen LogP contribution in [-0.4, -0.2) is 11.8 Å². The van der Waals surface area contributed by atoms with Crippen molar-refractivity contribution in [2.24, 2.45) is 0 Å². The second-order valence-corrected chi connectivity index (χ2v) is 17.0. The third-order valence-electron chi connectivity index (χ3n) is 7.31. The number of unbranched alkanes of at least 4 members (excludes halogenated alkanes) is 27. The molecule has 34 heavy (non-hydrogen) atoms. The maximum absolute atomic E-state index is 5.90. The van der Waals surface area contributed by atoms with Crippen molar-refractivity contribution in [2.45, 2.75) is 186 Å². The summed E-state index contributed by atoms with van der Waals surface area (Å²) < 4.78 is 1.34. The molecule has 0 fully saturated rings. The Hall–Kier alpha value is 1.53. The summed E-state index contributed by atoms with van der Waals surface area (Å²) in [6, 6.07) is 1.10. The van der Waals surface area contributed by atoms with E-state index in [1.165, 1.54) is 184 Å². The third-order valence-corrected chi connectivity index (χ3v) is 10.2. The first-order valence-electron chi connectivity index (χ1n) is 15.6. The van der Waals surface area contributed by atoms with Crippen LogP contribution >= 0.6 is 44.7 Å². The van der Waals surface area contributed by atoms with E-state index in [9.17, 15) is 0 Å². The maximum atomic E-state index is 5.90. The molecule has 0 aliphatic heterocycles. The lowest BCUT2D eigenvalue weighted by atomic mass is 10.0. The highest BCUT2D eigenvalue weighted by molar-refractivity contribution is 14.1. The van der Waals surface area contributed by atoms with E-state index in [4.69, 9.17) is 22.2 Å². The second-order valence-electron chi connectivity index (χ2n) is 10.8. The molecule has 0 aromatic rings. The van der Waals surface area contributed by atoms with Crippen molar-refractivity contribution < 1.29 is 0 Å². The van der Waals surface area contributed by atoms with Gasteiger partial charge in [-0.25, -0.2) is 0 Å². The topological polar surface area (TPSA) is 0 Å². The van der Waals surface area contributed by atoms with E-state index in [2.05, 4.69) is 22.6 Å². The van der Waals surface area contributed by atoms with E-state index in [1.54, 1.807) is 0 Å². The van der Waals surface area contributed by atoms with Crippen LogP contribution in [0.3, 0.4) is 0 Å². The summed E-state index contributed by atoms with van der Waals surface area (Å²) in [5.41, 5.74) is 0. The van der Waals surface area contributed by atoms with Gasteiger partial charge in [-0.3, -0.25) is 0 Å². The van der Waals surface area contributed by atoms with Crippen LogP contribution in [0.15, 0.2) is 0 Å². The highest BCUT2D eigenvalue weighted by atomic mass is 127. The average molecular weight is 648 g/mol. The van der Waals surface area contributed by atoms with Gasteiger partial charge in [-0.15, -0.1) is 0 Å². The van der Waals surface area contributed by atoms with Crippen LogP contribution in [0.4, 0.5) is 0 Å². The van der Waals surface area contributed by atoms with Gasteiger partial charge in [-0.1, -0.05) is 196 Å². The molecule has 0 bridgehead atoms. The molecule has 0 unspecified atom stereocenters. The number of hydrogen-bond acceptors (Lipinski definition) is 0. The molecule has 0 radical (unpaired) electrons. The zero-order valence-electron chi connectivity index (χ0n) is 22.9. The fourth-order valence-electron chi connectivity index (χ4n) is 4.99. The molecule has 0 spiro atoms. The molecule has 0 rings (SSSR count). The molecule has 0 aliphatic carbocycles. The van der Waals surface area contributed by atoms with Gasteiger partial charge < -0.3 is 0 Å². The Morgan fingerprint density at radius 2 is 0.471 bits per heavy atom. The van der Waals surface area contributed by atoms with E-state index in [1.807, 2.05) is 0 Å². The van der Waals surface area contributed by atoms with E-state index in [0.717, 1.165) is 6.04 Å². The predicted octanol–water partition coefficient (Wildman–Crippen LogP) is 13.0. The molecule has 0 nitrogen and oxygen atoms in total. The zero-order valence-corrected chi connectivity index (χ0v) is 27.7. The lowest BCUT2D eigenvalue weighted by Gasteiger charge is -2.04. The summed E-state index contributed by atoms with van der Waals surface area (Å²) in [7, 11) is -1.33. The molecular weight excluding hydrogens is 586 g/mol. The molecule has 0 aromatic heterocycles. The first kappa shape index (κ1) is 35.5. The normalized spacial score (nSPS) is 11.6. The van der Waals surface area contributed by atoms with Crippen LogP contribution in [0.25, 0.3) is 0 Å². The van der Waals surface area contributed by atoms with E-state index in [-0.39, 0.29) is 0 Å². The smallest absolute Gasteiger partial charge is 0.150 e. The molecular formula is C30H61Cl2ISi. The molecule has 0 heterocycles. The minimum atomic E-state index is -1.33. The Labute approximate surface area is 241 Å². The van der Waals surface area contributed by atoms with Crippen molar-refractivity contribution in [2.75, 3.05) is 4.43 Å². The Morgan fingerprint density at radius 1 is 0.294 bits per heavy atom. The number of hydrogen-bond donors (Lipinski definition) is 0. The van der Waals surface area contributed by atoms with Gasteiger partial charge >= 0.3 is 0 Å². The predicted molar refractivity (Wildman–Crippen MR) is 172 cm³/mol. The van der Waals surface area contributed by atoms with Crippen LogP contribution in [0.1, 0.15) is 180 Å². The van der Waals surface area contributed by atoms with E-state index >= 15 is 0 Å². The average Bonchev–Trinajstić information content (AvgIpc) is 2.83. The summed E-state index contributed by atoms with van der Waals surface area (Å²) >= 11 is 14.3. The molecule has 0 aromatic carbocycles. The Bertz CT molecular complexity index is 355. The quantitative estimate of drug-likeness (QED) is 0.0239. The van der Waals surface area contributed by atoms with Crippen molar-refractivity contribution >= 4 is 52.2 Å². The summed E-state index contributed by atoms with van der Waals surface area (Å²) in [4.78, 5) is 0. The van der Waals surface area contributed by atoms with Crippen molar-refractivity contribution in [1.29, 1.82) is 0 Å². The minimum Gasteiger partial charge on any atom is -0.150 e.